The number of hydrogen-bond donors (Lipinski definition) is 2. The van der Waals surface area contributed by atoms with Gasteiger partial charge in [0.1, 0.15) is 11.8 Å². The third-order valence-electron chi connectivity index (χ3n) is 4.87. The highest BCUT2D eigenvalue weighted by Gasteiger charge is 2.26. The van der Waals surface area contributed by atoms with Crippen LogP contribution in [-0.4, -0.2) is 52.4 Å². The Kier molecular flexibility index (Phi) is 6.83. The fourth-order valence-electron chi connectivity index (χ4n) is 3.25. The number of anilines is 1. The fraction of sp³-hybridized carbons (Fsp3) is 0.273. The van der Waals surface area contributed by atoms with Gasteiger partial charge in [0.2, 0.25) is 5.88 Å². The molecule has 2 aromatic heterocycles. The van der Waals surface area contributed by atoms with Crippen molar-refractivity contribution in [2.45, 2.75) is 20.0 Å². The van der Waals surface area contributed by atoms with Crippen molar-refractivity contribution in [2.75, 3.05) is 25.1 Å². The highest BCUT2D eigenvalue weighted by molar-refractivity contribution is 6.32. The molecular formula is C22H21Cl2N5O4. The van der Waals surface area contributed by atoms with Gasteiger partial charge in [0.25, 0.3) is 11.8 Å². The van der Waals surface area contributed by atoms with Crippen LogP contribution in [0.3, 0.4) is 0 Å². The maximum Gasteiger partial charge on any atom is 0.274 e. The molecule has 0 unspecified atom stereocenters. The Morgan fingerprint density at radius 2 is 2.03 bits per heavy atom. The number of halogens is 2. The number of ether oxygens (including phenoxy) is 2. The van der Waals surface area contributed by atoms with Crippen LogP contribution in [0, 0.1) is 6.92 Å². The maximum absolute atomic E-state index is 13.4. The normalized spacial score (nSPS) is 13.3. The van der Waals surface area contributed by atoms with E-state index in [9.17, 15) is 9.59 Å². The third-order valence-corrected chi connectivity index (χ3v) is 5.39. The van der Waals surface area contributed by atoms with E-state index in [2.05, 4.69) is 20.7 Å². The lowest BCUT2D eigenvalue weighted by Crippen LogP contribution is -2.38. The molecule has 172 valence electrons. The standard InChI is InChI=1S/C22H21Cl2N5O4/c1-3-25-21(30)15-8-13(23)7-12(2)19(15)27-22(31)17-9-18(33-14-10-32-11-14)28-29(17)20-16(24)5-4-6-26-20/h4-9,14H,3,10-11H2,1-2H3,(H,25,30)(H,27,31). The molecule has 0 saturated carbocycles. The van der Waals surface area contributed by atoms with E-state index < -0.39 is 5.91 Å². The molecule has 0 atom stereocenters. The number of nitrogens with zero attached hydrogens (tertiary/aromatic N) is 3. The zero-order valence-corrected chi connectivity index (χ0v) is 19.4. The Morgan fingerprint density at radius 3 is 2.70 bits per heavy atom. The first-order valence-electron chi connectivity index (χ1n) is 10.2. The van der Waals surface area contributed by atoms with Crippen LogP contribution in [0.1, 0.15) is 33.3 Å². The smallest absolute Gasteiger partial charge is 0.274 e. The number of nitrogens with one attached hydrogen (secondary N) is 2. The molecule has 33 heavy (non-hydrogen) atoms. The predicted molar refractivity (Wildman–Crippen MR) is 124 cm³/mol. The molecule has 9 nitrogen and oxygen atoms in total. The van der Waals surface area contributed by atoms with Gasteiger partial charge in [-0.1, -0.05) is 23.2 Å². The summed E-state index contributed by atoms with van der Waals surface area (Å²) in [5.74, 6) is -0.388. The molecule has 4 rings (SSSR count). The lowest BCUT2D eigenvalue weighted by Gasteiger charge is -2.25. The number of benzene rings is 1. The minimum Gasteiger partial charge on any atom is -0.468 e. The number of aryl methyl sites for hydroxylation is 1. The van der Waals surface area contributed by atoms with Gasteiger partial charge >= 0.3 is 0 Å². The van der Waals surface area contributed by atoms with E-state index in [1.54, 1.807) is 38.2 Å². The van der Waals surface area contributed by atoms with Crippen LogP contribution in [0.4, 0.5) is 5.69 Å². The van der Waals surface area contributed by atoms with Crippen LogP contribution < -0.4 is 15.4 Å². The second-order valence-electron chi connectivity index (χ2n) is 7.32. The summed E-state index contributed by atoms with van der Waals surface area (Å²) in [5, 5.41) is 10.6. The van der Waals surface area contributed by atoms with Crippen LogP contribution in [0.2, 0.25) is 10.0 Å². The number of aromatic nitrogens is 3. The van der Waals surface area contributed by atoms with Crippen LogP contribution in [0.15, 0.2) is 36.5 Å². The molecule has 2 N–H and O–H groups in total. The molecule has 0 bridgehead atoms. The van der Waals surface area contributed by atoms with Gasteiger partial charge in [-0.3, -0.25) is 9.59 Å². The molecule has 0 radical (unpaired) electrons. The van der Waals surface area contributed by atoms with Crippen LogP contribution in [-0.2, 0) is 4.74 Å². The average molecular weight is 490 g/mol. The van der Waals surface area contributed by atoms with Gasteiger partial charge < -0.3 is 20.1 Å². The SMILES string of the molecule is CCNC(=O)c1cc(Cl)cc(C)c1NC(=O)c1cc(OC2COC2)nn1-c1ncccc1Cl. The van der Waals surface area contributed by atoms with E-state index in [0.29, 0.717) is 41.1 Å². The molecule has 1 saturated heterocycles. The molecule has 3 aromatic rings. The van der Waals surface area contributed by atoms with Gasteiger partial charge in [-0.25, -0.2) is 9.67 Å². The number of carbonyl (C=O) groups excluding carboxylic acids is 2. The Morgan fingerprint density at radius 1 is 1.24 bits per heavy atom. The molecule has 2 amide bonds. The van der Waals surface area contributed by atoms with Gasteiger partial charge in [0.15, 0.2) is 5.82 Å². The van der Waals surface area contributed by atoms with E-state index in [1.165, 1.54) is 16.8 Å². The zero-order valence-electron chi connectivity index (χ0n) is 17.9. The van der Waals surface area contributed by atoms with Crippen molar-refractivity contribution in [1.82, 2.24) is 20.1 Å². The molecule has 1 aromatic carbocycles. The summed E-state index contributed by atoms with van der Waals surface area (Å²) in [5.41, 5.74) is 1.34. The highest BCUT2D eigenvalue weighted by Crippen LogP contribution is 2.28. The maximum atomic E-state index is 13.4. The van der Waals surface area contributed by atoms with Gasteiger partial charge in [0, 0.05) is 23.8 Å². The summed E-state index contributed by atoms with van der Waals surface area (Å²) in [4.78, 5) is 30.2. The molecule has 1 aliphatic rings. The summed E-state index contributed by atoms with van der Waals surface area (Å²) < 4.78 is 12.2. The summed E-state index contributed by atoms with van der Waals surface area (Å²) >= 11 is 12.5. The average Bonchev–Trinajstić information content (AvgIpc) is 3.17. The summed E-state index contributed by atoms with van der Waals surface area (Å²) in [6, 6.07) is 7.98. The predicted octanol–water partition coefficient (Wildman–Crippen LogP) is 3.66. The number of carbonyl (C=O) groups is 2. The number of pyridine rings is 1. The molecule has 11 heteroatoms. The van der Waals surface area contributed by atoms with Crippen molar-refractivity contribution >= 4 is 40.7 Å². The van der Waals surface area contributed by atoms with Crippen LogP contribution in [0.25, 0.3) is 5.82 Å². The van der Waals surface area contributed by atoms with Crippen molar-refractivity contribution in [3.8, 4) is 11.7 Å². The molecule has 1 fully saturated rings. The molecule has 1 aliphatic heterocycles. The van der Waals surface area contributed by atoms with Gasteiger partial charge in [0.05, 0.1) is 29.5 Å². The lowest BCUT2D eigenvalue weighted by molar-refractivity contribution is -0.0814. The highest BCUT2D eigenvalue weighted by atomic mass is 35.5. The van der Waals surface area contributed by atoms with E-state index >= 15 is 0 Å². The van der Waals surface area contributed by atoms with Gasteiger partial charge in [-0.15, -0.1) is 5.10 Å². The van der Waals surface area contributed by atoms with Crippen molar-refractivity contribution in [3.63, 3.8) is 0 Å². The largest absolute Gasteiger partial charge is 0.468 e. The fourth-order valence-corrected chi connectivity index (χ4v) is 3.72. The molecular weight excluding hydrogens is 469 g/mol. The second kappa shape index (κ2) is 9.78. The number of rotatable bonds is 7. The molecule has 3 heterocycles. The summed E-state index contributed by atoms with van der Waals surface area (Å²) in [6.45, 7) is 4.87. The molecule has 0 spiro atoms. The Hall–Kier alpha value is -3.14. The molecule has 0 aliphatic carbocycles. The monoisotopic (exact) mass is 489 g/mol. The van der Waals surface area contributed by atoms with Gasteiger partial charge in [-0.2, -0.15) is 0 Å². The van der Waals surface area contributed by atoms with Crippen molar-refractivity contribution in [2.24, 2.45) is 0 Å². The number of amides is 2. The van der Waals surface area contributed by atoms with E-state index in [4.69, 9.17) is 32.7 Å². The zero-order chi connectivity index (χ0) is 23.5. The van der Waals surface area contributed by atoms with Gasteiger partial charge in [-0.05, 0) is 43.7 Å². The lowest BCUT2D eigenvalue weighted by atomic mass is 10.1. The summed E-state index contributed by atoms with van der Waals surface area (Å²) in [6.07, 6.45) is 1.40. The quantitative estimate of drug-likeness (QED) is 0.524. The van der Waals surface area contributed by atoms with E-state index in [1.807, 2.05) is 0 Å². The van der Waals surface area contributed by atoms with Crippen molar-refractivity contribution < 1.29 is 19.1 Å². The summed E-state index contributed by atoms with van der Waals surface area (Å²) in [7, 11) is 0. The van der Waals surface area contributed by atoms with E-state index in [-0.39, 0.29) is 35.0 Å². The van der Waals surface area contributed by atoms with Crippen LogP contribution in [0.5, 0.6) is 5.88 Å². The first-order chi connectivity index (χ1) is 15.9. The number of hydrogen-bond acceptors (Lipinski definition) is 6. The van der Waals surface area contributed by atoms with E-state index in [0.717, 1.165) is 0 Å². The first-order valence-corrected chi connectivity index (χ1v) is 11.0. The Bertz CT molecular complexity index is 1210. The van der Waals surface area contributed by atoms with Crippen LogP contribution >= 0.6 is 23.2 Å². The minimum absolute atomic E-state index is 0.127. The second-order valence-corrected chi connectivity index (χ2v) is 8.17. The minimum atomic E-state index is -0.528. The topological polar surface area (TPSA) is 107 Å². The Labute approximate surface area is 200 Å². The third kappa shape index (κ3) is 4.95. The Balaban J connectivity index is 1.73. The van der Waals surface area contributed by atoms with Crippen molar-refractivity contribution in [1.29, 1.82) is 0 Å². The first kappa shape index (κ1) is 23.0. The van der Waals surface area contributed by atoms with Crippen molar-refractivity contribution in [3.05, 3.63) is 63.4 Å².